The quantitative estimate of drug-likeness (QED) is 0.615. The Morgan fingerprint density at radius 1 is 1.56 bits per heavy atom. The fourth-order valence-electron chi connectivity index (χ4n) is 1.01. The fourth-order valence-corrected chi connectivity index (χ4v) is 2.37. The van der Waals surface area contributed by atoms with E-state index >= 15 is 0 Å². The largest absolute Gasteiger partial charge is 0.460 e. The first kappa shape index (κ1) is 13.5. The summed E-state index contributed by atoms with van der Waals surface area (Å²) in [5.74, 6) is 0.497. The highest BCUT2D eigenvalue weighted by molar-refractivity contribution is 8.00. The first-order valence-corrected chi connectivity index (χ1v) is 6.98. The second kappa shape index (κ2) is 5.68. The van der Waals surface area contributed by atoms with Crippen LogP contribution in [0.3, 0.4) is 0 Å². The highest BCUT2D eigenvalue weighted by Crippen LogP contribution is 2.22. The molecule has 0 amide bonds. The van der Waals surface area contributed by atoms with E-state index < -0.39 is 0 Å². The van der Waals surface area contributed by atoms with Gasteiger partial charge < -0.3 is 4.74 Å². The molecule has 1 rings (SSSR count). The van der Waals surface area contributed by atoms with Crippen molar-refractivity contribution in [3.8, 4) is 0 Å². The minimum Gasteiger partial charge on any atom is -0.460 e. The van der Waals surface area contributed by atoms with E-state index in [4.69, 9.17) is 4.74 Å². The van der Waals surface area contributed by atoms with Gasteiger partial charge in [0, 0.05) is 15.9 Å². The lowest BCUT2D eigenvalue weighted by atomic mass is 10.3. The van der Waals surface area contributed by atoms with Gasteiger partial charge in [-0.05, 0) is 6.92 Å². The predicted octanol–water partition coefficient (Wildman–Crippen LogP) is 3.14. The molecule has 0 unspecified atom stereocenters. The number of ether oxygens (including phenoxy) is 1. The molecule has 0 saturated heterocycles. The third kappa shape index (κ3) is 4.99. The zero-order chi connectivity index (χ0) is 12.2. The molecule has 0 saturated carbocycles. The lowest BCUT2D eigenvalue weighted by Gasteiger charge is -2.16. The van der Waals surface area contributed by atoms with Gasteiger partial charge in [-0.1, -0.05) is 20.8 Å². The summed E-state index contributed by atoms with van der Waals surface area (Å²) in [6.07, 6.45) is 0. The van der Waals surface area contributed by atoms with Crippen LogP contribution in [0.4, 0.5) is 0 Å². The Labute approximate surface area is 105 Å². The summed E-state index contributed by atoms with van der Waals surface area (Å²) in [5, 5.41) is 2.62. The van der Waals surface area contributed by atoms with Crippen LogP contribution in [0.25, 0.3) is 0 Å². The number of aromatic nitrogens is 1. The molecule has 0 N–H and O–H groups in total. The summed E-state index contributed by atoms with van der Waals surface area (Å²) in [5.41, 5.74) is 0.420. The zero-order valence-corrected chi connectivity index (χ0v) is 11.7. The van der Waals surface area contributed by atoms with Gasteiger partial charge in [-0.25, -0.2) is 9.78 Å². The minimum atomic E-state index is -0.321. The summed E-state index contributed by atoms with van der Waals surface area (Å²) in [6, 6.07) is 0. The van der Waals surface area contributed by atoms with E-state index in [-0.39, 0.29) is 10.7 Å². The Morgan fingerprint density at radius 3 is 2.75 bits per heavy atom. The van der Waals surface area contributed by atoms with E-state index in [1.54, 1.807) is 17.1 Å². The van der Waals surface area contributed by atoms with Crippen LogP contribution in [0, 0.1) is 6.92 Å². The van der Waals surface area contributed by atoms with Gasteiger partial charge in [0.05, 0.1) is 5.01 Å². The fraction of sp³-hybridized carbons (Fsp3) is 0.636. The molecule has 90 valence electrons. The van der Waals surface area contributed by atoms with Gasteiger partial charge in [0.2, 0.25) is 0 Å². The second-order valence-corrected chi connectivity index (χ2v) is 7.33. The van der Waals surface area contributed by atoms with E-state index in [1.807, 2.05) is 6.92 Å². The van der Waals surface area contributed by atoms with Gasteiger partial charge in [0.15, 0.2) is 5.69 Å². The molecule has 16 heavy (non-hydrogen) atoms. The number of aryl methyl sites for hydroxylation is 1. The lowest BCUT2D eigenvalue weighted by Crippen LogP contribution is -2.13. The Morgan fingerprint density at radius 2 is 2.25 bits per heavy atom. The Hall–Kier alpha value is -0.550. The SMILES string of the molecule is Cc1nc(C(=O)OCCSC(C)(C)C)cs1. The summed E-state index contributed by atoms with van der Waals surface area (Å²) in [6.45, 7) is 8.74. The van der Waals surface area contributed by atoms with Crippen molar-refractivity contribution in [1.82, 2.24) is 4.98 Å². The number of thiazole rings is 1. The molecule has 0 fully saturated rings. The van der Waals surface area contributed by atoms with Gasteiger partial charge in [0.1, 0.15) is 6.61 Å². The number of esters is 1. The van der Waals surface area contributed by atoms with Crippen LogP contribution < -0.4 is 0 Å². The molecule has 0 aliphatic carbocycles. The minimum absolute atomic E-state index is 0.212. The third-order valence-electron chi connectivity index (χ3n) is 1.68. The predicted molar refractivity (Wildman–Crippen MR) is 69.3 cm³/mol. The van der Waals surface area contributed by atoms with E-state index in [9.17, 15) is 4.79 Å². The maximum absolute atomic E-state index is 11.5. The summed E-state index contributed by atoms with van der Waals surface area (Å²) in [4.78, 5) is 15.6. The molecule has 0 radical (unpaired) electrons. The average molecular weight is 259 g/mol. The smallest absolute Gasteiger partial charge is 0.357 e. The Bertz CT molecular complexity index is 355. The van der Waals surface area contributed by atoms with Crippen molar-refractivity contribution in [2.45, 2.75) is 32.4 Å². The zero-order valence-electron chi connectivity index (χ0n) is 10.1. The van der Waals surface area contributed by atoms with Gasteiger partial charge >= 0.3 is 5.97 Å². The second-order valence-electron chi connectivity index (χ2n) is 4.35. The highest BCUT2D eigenvalue weighted by atomic mass is 32.2. The van der Waals surface area contributed by atoms with Crippen molar-refractivity contribution in [2.24, 2.45) is 0 Å². The first-order chi connectivity index (χ1) is 7.38. The Kier molecular flexibility index (Phi) is 4.80. The molecule has 0 atom stereocenters. The van der Waals surface area contributed by atoms with Crippen LogP contribution in [0.15, 0.2) is 5.38 Å². The van der Waals surface area contributed by atoms with Crippen LogP contribution in [-0.2, 0) is 4.74 Å². The molecule has 1 aromatic heterocycles. The number of hydrogen-bond acceptors (Lipinski definition) is 5. The first-order valence-electron chi connectivity index (χ1n) is 5.12. The number of carbonyl (C=O) groups is 1. The average Bonchev–Trinajstić information content (AvgIpc) is 2.57. The molecule has 3 nitrogen and oxygen atoms in total. The van der Waals surface area contributed by atoms with E-state index in [0.29, 0.717) is 12.3 Å². The lowest BCUT2D eigenvalue weighted by molar-refractivity contribution is 0.0524. The van der Waals surface area contributed by atoms with Crippen LogP contribution in [0.5, 0.6) is 0 Å². The number of nitrogens with zero attached hydrogens (tertiary/aromatic N) is 1. The number of carbonyl (C=O) groups excluding carboxylic acids is 1. The standard InChI is InChI=1S/C11H17NO2S2/c1-8-12-9(7-15-8)10(13)14-5-6-16-11(2,3)4/h7H,5-6H2,1-4H3. The molecular formula is C11H17NO2S2. The van der Waals surface area contributed by atoms with Crippen molar-refractivity contribution < 1.29 is 9.53 Å². The van der Waals surface area contributed by atoms with E-state index in [1.165, 1.54) is 11.3 Å². The maximum atomic E-state index is 11.5. The highest BCUT2D eigenvalue weighted by Gasteiger charge is 2.13. The summed E-state index contributed by atoms with van der Waals surface area (Å²) in [7, 11) is 0. The van der Waals surface area contributed by atoms with Crippen molar-refractivity contribution in [3.63, 3.8) is 0 Å². The number of thioether (sulfide) groups is 1. The number of hydrogen-bond donors (Lipinski definition) is 0. The van der Waals surface area contributed by atoms with Crippen molar-refractivity contribution in [2.75, 3.05) is 12.4 Å². The molecule has 0 aromatic carbocycles. The van der Waals surface area contributed by atoms with Gasteiger partial charge in [-0.15, -0.1) is 11.3 Å². The monoisotopic (exact) mass is 259 g/mol. The molecule has 1 aromatic rings. The van der Waals surface area contributed by atoms with Crippen LogP contribution in [0.2, 0.25) is 0 Å². The molecule has 1 heterocycles. The van der Waals surface area contributed by atoms with Gasteiger partial charge in [0.25, 0.3) is 0 Å². The van der Waals surface area contributed by atoms with Crippen LogP contribution in [-0.4, -0.2) is 28.1 Å². The topological polar surface area (TPSA) is 39.2 Å². The van der Waals surface area contributed by atoms with E-state index in [2.05, 4.69) is 25.8 Å². The third-order valence-corrected chi connectivity index (χ3v) is 3.69. The van der Waals surface area contributed by atoms with Crippen LogP contribution >= 0.6 is 23.1 Å². The van der Waals surface area contributed by atoms with Crippen molar-refractivity contribution in [3.05, 3.63) is 16.1 Å². The number of rotatable bonds is 4. The molecule has 0 bridgehead atoms. The molecule has 0 aliphatic heterocycles. The Balaban J connectivity index is 2.26. The normalized spacial score (nSPS) is 11.5. The molecule has 0 aliphatic rings. The van der Waals surface area contributed by atoms with Gasteiger partial charge in [-0.2, -0.15) is 11.8 Å². The molecule has 5 heteroatoms. The maximum Gasteiger partial charge on any atom is 0.357 e. The molecule has 0 spiro atoms. The summed E-state index contributed by atoms with van der Waals surface area (Å²) < 4.78 is 5.33. The van der Waals surface area contributed by atoms with E-state index in [0.717, 1.165) is 10.8 Å². The molecular weight excluding hydrogens is 242 g/mol. The van der Waals surface area contributed by atoms with Crippen molar-refractivity contribution in [1.29, 1.82) is 0 Å². The van der Waals surface area contributed by atoms with Crippen LogP contribution in [0.1, 0.15) is 36.3 Å². The van der Waals surface area contributed by atoms with Crippen molar-refractivity contribution >= 4 is 29.1 Å². The summed E-state index contributed by atoms with van der Waals surface area (Å²) >= 11 is 3.24. The van der Waals surface area contributed by atoms with Gasteiger partial charge in [-0.3, -0.25) is 0 Å².